The van der Waals surface area contributed by atoms with Crippen molar-refractivity contribution in [3.8, 4) is 0 Å². The first kappa shape index (κ1) is 13.9. The molecule has 1 aromatic carbocycles. The highest BCUT2D eigenvalue weighted by molar-refractivity contribution is 9.10. The van der Waals surface area contributed by atoms with Crippen molar-refractivity contribution in [2.45, 2.75) is 26.3 Å². The standard InChI is InChI=1S/C11H16BrN.ClH/c1-8(2)7-11(13)9-5-3-4-6-10(9)12;/h3-6,8,11H,7,13H2,1-2H3;1H/t11-;/m0./s1. The Hall–Kier alpha value is -0.0500. The van der Waals surface area contributed by atoms with Crippen LogP contribution in [0.4, 0.5) is 0 Å². The van der Waals surface area contributed by atoms with Gasteiger partial charge in [-0.3, -0.25) is 0 Å². The van der Waals surface area contributed by atoms with Crippen LogP contribution >= 0.6 is 28.3 Å². The van der Waals surface area contributed by atoms with Crippen molar-refractivity contribution >= 4 is 28.3 Å². The smallest absolute Gasteiger partial charge is 0.0308 e. The van der Waals surface area contributed by atoms with E-state index in [1.807, 2.05) is 18.2 Å². The lowest BCUT2D eigenvalue weighted by molar-refractivity contribution is 0.509. The lowest BCUT2D eigenvalue weighted by atomic mass is 9.98. The van der Waals surface area contributed by atoms with Crippen LogP contribution in [0.25, 0.3) is 0 Å². The van der Waals surface area contributed by atoms with Gasteiger partial charge in [-0.2, -0.15) is 0 Å². The zero-order chi connectivity index (χ0) is 9.84. The molecule has 0 saturated heterocycles. The van der Waals surface area contributed by atoms with Crippen LogP contribution in [0.5, 0.6) is 0 Å². The van der Waals surface area contributed by atoms with Gasteiger partial charge in [-0.05, 0) is 24.0 Å². The van der Waals surface area contributed by atoms with Crippen LogP contribution in [0.1, 0.15) is 31.9 Å². The molecule has 3 heteroatoms. The molecule has 1 nitrogen and oxygen atoms in total. The highest BCUT2D eigenvalue weighted by Crippen LogP contribution is 2.25. The maximum absolute atomic E-state index is 6.07. The molecule has 0 aromatic heterocycles. The Balaban J connectivity index is 0.00000169. The zero-order valence-corrected chi connectivity index (χ0v) is 10.9. The van der Waals surface area contributed by atoms with E-state index in [9.17, 15) is 0 Å². The molecule has 80 valence electrons. The van der Waals surface area contributed by atoms with Gasteiger partial charge in [0.05, 0.1) is 0 Å². The van der Waals surface area contributed by atoms with E-state index < -0.39 is 0 Å². The molecule has 0 aliphatic heterocycles. The fraction of sp³-hybridized carbons (Fsp3) is 0.455. The van der Waals surface area contributed by atoms with Crippen molar-refractivity contribution in [1.29, 1.82) is 0 Å². The Labute approximate surface area is 101 Å². The first-order valence-electron chi connectivity index (χ1n) is 4.61. The number of hydrogen-bond acceptors (Lipinski definition) is 1. The summed E-state index contributed by atoms with van der Waals surface area (Å²) >= 11 is 3.51. The van der Waals surface area contributed by atoms with Gasteiger partial charge in [0.25, 0.3) is 0 Å². The summed E-state index contributed by atoms with van der Waals surface area (Å²) in [6, 6.07) is 8.30. The average molecular weight is 279 g/mol. The predicted molar refractivity (Wildman–Crippen MR) is 67.8 cm³/mol. The topological polar surface area (TPSA) is 26.0 Å². The van der Waals surface area contributed by atoms with Gasteiger partial charge in [0.15, 0.2) is 0 Å². The normalized spacial score (nSPS) is 12.4. The largest absolute Gasteiger partial charge is 0.324 e. The number of benzene rings is 1. The molecule has 0 bridgehead atoms. The van der Waals surface area contributed by atoms with E-state index in [1.165, 1.54) is 5.56 Å². The first-order chi connectivity index (χ1) is 6.11. The monoisotopic (exact) mass is 277 g/mol. The summed E-state index contributed by atoms with van der Waals surface area (Å²) in [4.78, 5) is 0. The fourth-order valence-electron chi connectivity index (χ4n) is 1.41. The molecular weight excluding hydrogens is 261 g/mol. The van der Waals surface area contributed by atoms with Gasteiger partial charge in [0.2, 0.25) is 0 Å². The minimum Gasteiger partial charge on any atom is -0.324 e. The van der Waals surface area contributed by atoms with Crippen LogP contribution in [0.15, 0.2) is 28.7 Å². The second-order valence-electron chi connectivity index (χ2n) is 3.76. The number of nitrogens with two attached hydrogens (primary N) is 1. The van der Waals surface area contributed by atoms with Gasteiger partial charge in [-0.1, -0.05) is 48.0 Å². The molecule has 14 heavy (non-hydrogen) atoms. The summed E-state index contributed by atoms with van der Waals surface area (Å²) in [7, 11) is 0. The molecule has 0 heterocycles. The molecular formula is C11H17BrClN. The van der Waals surface area contributed by atoms with Gasteiger partial charge in [0, 0.05) is 10.5 Å². The summed E-state index contributed by atoms with van der Waals surface area (Å²) < 4.78 is 1.11. The van der Waals surface area contributed by atoms with Crippen molar-refractivity contribution in [3.63, 3.8) is 0 Å². The van der Waals surface area contributed by atoms with Crippen LogP contribution < -0.4 is 5.73 Å². The van der Waals surface area contributed by atoms with Gasteiger partial charge >= 0.3 is 0 Å². The number of halogens is 2. The van der Waals surface area contributed by atoms with E-state index in [4.69, 9.17) is 5.73 Å². The highest BCUT2D eigenvalue weighted by Gasteiger charge is 2.10. The van der Waals surface area contributed by atoms with Crippen LogP contribution in [-0.2, 0) is 0 Å². The van der Waals surface area contributed by atoms with E-state index in [1.54, 1.807) is 0 Å². The van der Waals surface area contributed by atoms with E-state index >= 15 is 0 Å². The summed E-state index contributed by atoms with van der Waals surface area (Å²) in [5.41, 5.74) is 7.27. The molecule has 2 N–H and O–H groups in total. The second-order valence-corrected chi connectivity index (χ2v) is 4.61. The van der Waals surface area contributed by atoms with Crippen molar-refractivity contribution in [1.82, 2.24) is 0 Å². The van der Waals surface area contributed by atoms with Crippen LogP contribution in [0.3, 0.4) is 0 Å². The molecule has 0 saturated carbocycles. The third kappa shape index (κ3) is 3.99. The van der Waals surface area contributed by atoms with Gasteiger partial charge in [0.1, 0.15) is 0 Å². The van der Waals surface area contributed by atoms with Gasteiger partial charge in [-0.25, -0.2) is 0 Å². The summed E-state index contributed by atoms with van der Waals surface area (Å²) in [6.07, 6.45) is 1.03. The molecule has 1 rings (SSSR count). The summed E-state index contributed by atoms with van der Waals surface area (Å²) in [5, 5.41) is 0. The summed E-state index contributed by atoms with van der Waals surface area (Å²) in [5.74, 6) is 0.641. The molecule has 1 aromatic rings. The highest BCUT2D eigenvalue weighted by atomic mass is 79.9. The maximum Gasteiger partial charge on any atom is 0.0308 e. The SMILES string of the molecule is CC(C)C[C@H](N)c1ccccc1Br.Cl. The van der Waals surface area contributed by atoms with E-state index in [-0.39, 0.29) is 18.4 Å². The predicted octanol–water partition coefficient (Wildman–Crippen LogP) is 3.92. The third-order valence-corrected chi connectivity index (χ3v) is 2.75. The van der Waals surface area contributed by atoms with E-state index in [2.05, 4.69) is 35.8 Å². The Morgan fingerprint density at radius 3 is 2.36 bits per heavy atom. The van der Waals surface area contributed by atoms with Gasteiger partial charge < -0.3 is 5.73 Å². The number of rotatable bonds is 3. The first-order valence-corrected chi connectivity index (χ1v) is 5.40. The Morgan fingerprint density at radius 1 is 1.29 bits per heavy atom. The minimum absolute atomic E-state index is 0. The van der Waals surface area contributed by atoms with Crippen molar-refractivity contribution in [2.75, 3.05) is 0 Å². The quantitative estimate of drug-likeness (QED) is 0.891. The minimum atomic E-state index is 0. The molecule has 0 aliphatic carbocycles. The molecule has 1 atom stereocenters. The average Bonchev–Trinajstić information content (AvgIpc) is 2.03. The van der Waals surface area contributed by atoms with Crippen LogP contribution in [-0.4, -0.2) is 0 Å². The second kappa shape index (κ2) is 6.44. The Bertz CT molecular complexity index is 276. The molecule has 0 amide bonds. The van der Waals surface area contributed by atoms with Crippen molar-refractivity contribution in [3.05, 3.63) is 34.3 Å². The molecule has 0 unspecified atom stereocenters. The molecule has 0 fully saturated rings. The lowest BCUT2D eigenvalue weighted by Gasteiger charge is -2.15. The molecule has 0 spiro atoms. The van der Waals surface area contributed by atoms with Crippen molar-refractivity contribution < 1.29 is 0 Å². The number of hydrogen-bond donors (Lipinski definition) is 1. The van der Waals surface area contributed by atoms with E-state index in [0.717, 1.165) is 10.9 Å². The lowest BCUT2D eigenvalue weighted by Crippen LogP contribution is -2.13. The fourth-order valence-corrected chi connectivity index (χ4v) is 1.99. The van der Waals surface area contributed by atoms with Crippen LogP contribution in [0.2, 0.25) is 0 Å². The van der Waals surface area contributed by atoms with Gasteiger partial charge in [-0.15, -0.1) is 12.4 Å². The Kier molecular flexibility index (Phi) is 6.41. The third-order valence-electron chi connectivity index (χ3n) is 2.03. The molecule has 0 aliphatic rings. The van der Waals surface area contributed by atoms with E-state index in [0.29, 0.717) is 5.92 Å². The molecule has 0 radical (unpaired) electrons. The van der Waals surface area contributed by atoms with Crippen molar-refractivity contribution in [2.24, 2.45) is 11.7 Å². The maximum atomic E-state index is 6.07. The van der Waals surface area contributed by atoms with Crippen LogP contribution in [0, 0.1) is 5.92 Å². The summed E-state index contributed by atoms with van der Waals surface area (Å²) in [6.45, 7) is 4.38. The zero-order valence-electron chi connectivity index (χ0n) is 8.53. The Morgan fingerprint density at radius 2 is 1.86 bits per heavy atom.